The Morgan fingerprint density at radius 2 is 2.25 bits per heavy atom. The van der Waals surface area contributed by atoms with Crippen LogP contribution in [0.4, 0.5) is 0 Å². The maximum Gasteiger partial charge on any atom is 0.150 e. The molecule has 0 saturated carbocycles. The van der Waals surface area contributed by atoms with Crippen molar-refractivity contribution in [1.82, 2.24) is 5.16 Å². The summed E-state index contributed by atoms with van der Waals surface area (Å²) in [4.78, 5) is 0. The third kappa shape index (κ3) is 2.10. The van der Waals surface area contributed by atoms with E-state index in [4.69, 9.17) is 15.0 Å². The fraction of sp³-hybridized carbons (Fsp3) is 0.182. The lowest BCUT2D eigenvalue weighted by Gasteiger charge is -2.03. The van der Waals surface area contributed by atoms with Gasteiger partial charge in [-0.25, -0.2) is 0 Å². The minimum atomic E-state index is 0.342. The van der Waals surface area contributed by atoms with E-state index in [0.29, 0.717) is 12.3 Å². The zero-order chi connectivity index (χ0) is 11.5. The first-order chi connectivity index (χ1) is 7.74. The van der Waals surface area contributed by atoms with Crippen molar-refractivity contribution in [3.63, 3.8) is 0 Å². The van der Waals surface area contributed by atoms with Crippen molar-refractivity contribution >= 4 is 15.9 Å². The number of ether oxygens (including phenoxy) is 1. The number of benzene rings is 1. The van der Waals surface area contributed by atoms with Gasteiger partial charge in [0, 0.05) is 16.1 Å². The maximum atomic E-state index is 5.47. The van der Waals surface area contributed by atoms with Crippen LogP contribution in [0.25, 0.3) is 11.3 Å². The first kappa shape index (κ1) is 11.2. The van der Waals surface area contributed by atoms with E-state index < -0.39 is 0 Å². The predicted octanol–water partition coefficient (Wildman–Crippen LogP) is 2.57. The molecule has 16 heavy (non-hydrogen) atoms. The van der Waals surface area contributed by atoms with E-state index in [0.717, 1.165) is 21.5 Å². The molecule has 0 spiro atoms. The van der Waals surface area contributed by atoms with Crippen molar-refractivity contribution in [2.24, 2.45) is 5.73 Å². The molecule has 2 N–H and O–H groups in total. The molecule has 1 heterocycles. The molecule has 84 valence electrons. The average Bonchev–Trinajstić information content (AvgIpc) is 2.78. The minimum absolute atomic E-state index is 0.342. The Hall–Kier alpha value is -1.33. The number of halogens is 1. The van der Waals surface area contributed by atoms with E-state index in [1.165, 1.54) is 0 Å². The minimum Gasteiger partial charge on any atom is -0.497 e. The summed E-state index contributed by atoms with van der Waals surface area (Å²) < 4.78 is 11.2. The molecule has 0 amide bonds. The molecule has 0 fully saturated rings. The smallest absolute Gasteiger partial charge is 0.150 e. The topological polar surface area (TPSA) is 61.3 Å². The summed E-state index contributed by atoms with van der Waals surface area (Å²) in [6.07, 6.45) is 0. The Balaban J connectivity index is 2.45. The standard InChI is InChI=1S/C11H11BrN2O2/c1-15-7-2-3-10(12)9(4-7)11-5-8(6-13)16-14-11/h2-5H,6,13H2,1H3. The molecule has 0 aliphatic carbocycles. The number of nitrogens with two attached hydrogens (primary N) is 1. The molecule has 0 atom stereocenters. The highest BCUT2D eigenvalue weighted by molar-refractivity contribution is 9.10. The van der Waals surface area contributed by atoms with Gasteiger partial charge in [-0.15, -0.1) is 0 Å². The highest BCUT2D eigenvalue weighted by Crippen LogP contribution is 2.31. The van der Waals surface area contributed by atoms with E-state index in [9.17, 15) is 0 Å². The number of methoxy groups -OCH3 is 1. The van der Waals surface area contributed by atoms with Gasteiger partial charge < -0.3 is 15.0 Å². The predicted molar refractivity (Wildman–Crippen MR) is 64.1 cm³/mol. The van der Waals surface area contributed by atoms with Crippen LogP contribution in [-0.4, -0.2) is 12.3 Å². The molecule has 0 radical (unpaired) electrons. The van der Waals surface area contributed by atoms with Gasteiger partial charge in [0.15, 0.2) is 5.76 Å². The summed E-state index contributed by atoms with van der Waals surface area (Å²) in [7, 11) is 1.63. The molecule has 0 bridgehead atoms. The van der Waals surface area contributed by atoms with E-state index in [-0.39, 0.29) is 0 Å². The molecule has 2 aromatic rings. The lowest BCUT2D eigenvalue weighted by molar-refractivity contribution is 0.387. The van der Waals surface area contributed by atoms with Gasteiger partial charge in [0.2, 0.25) is 0 Å². The average molecular weight is 283 g/mol. The van der Waals surface area contributed by atoms with Gasteiger partial charge in [-0.2, -0.15) is 0 Å². The van der Waals surface area contributed by atoms with E-state index in [2.05, 4.69) is 21.1 Å². The van der Waals surface area contributed by atoms with Crippen LogP contribution < -0.4 is 10.5 Å². The molecule has 2 rings (SSSR count). The summed E-state index contributed by atoms with van der Waals surface area (Å²) in [5, 5.41) is 3.95. The summed E-state index contributed by atoms with van der Waals surface area (Å²) in [5.41, 5.74) is 7.13. The van der Waals surface area contributed by atoms with Crippen LogP contribution in [0.1, 0.15) is 5.76 Å². The largest absolute Gasteiger partial charge is 0.497 e. The SMILES string of the molecule is COc1ccc(Br)c(-c2cc(CN)on2)c1. The molecule has 0 unspecified atom stereocenters. The summed E-state index contributed by atoms with van der Waals surface area (Å²) in [5.74, 6) is 1.43. The van der Waals surface area contributed by atoms with E-state index in [1.807, 2.05) is 24.3 Å². The molecule has 5 heteroatoms. The second kappa shape index (κ2) is 4.67. The number of aromatic nitrogens is 1. The molecule has 0 aliphatic heterocycles. The van der Waals surface area contributed by atoms with Crippen molar-refractivity contribution in [3.8, 4) is 17.0 Å². The molecule has 0 aliphatic rings. The molecule has 1 aromatic carbocycles. The second-order valence-corrected chi connectivity index (χ2v) is 4.08. The van der Waals surface area contributed by atoms with Crippen LogP contribution in [0, 0.1) is 0 Å². The fourth-order valence-electron chi connectivity index (χ4n) is 1.36. The van der Waals surface area contributed by atoms with Gasteiger partial charge in [0.25, 0.3) is 0 Å². The number of hydrogen-bond donors (Lipinski definition) is 1. The first-order valence-corrected chi connectivity index (χ1v) is 5.53. The second-order valence-electron chi connectivity index (χ2n) is 3.23. The zero-order valence-electron chi connectivity index (χ0n) is 8.74. The number of hydrogen-bond acceptors (Lipinski definition) is 4. The van der Waals surface area contributed by atoms with Gasteiger partial charge in [0.1, 0.15) is 11.4 Å². The molecule has 4 nitrogen and oxygen atoms in total. The third-order valence-electron chi connectivity index (χ3n) is 2.21. The summed E-state index contributed by atoms with van der Waals surface area (Å²) in [6, 6.07) is 7.49. The van der Waals surface area contributed by atoms with E-state index in [1.54, 1.807) is 7.11 Å². The van der Waals surface area contributed by atoms with Gasteiger partial charge in [-0.3, -0.25) is 0 Å². The molecular formula is C11H11BrN2O2. The highest BCUT2D eigenvalue weighted by atomic mass is 79.9. The lowest BCUT2D eigenvalue weighted by atomic mass is 10.1. The van der Waals surface area contributed by atoms with Crippen molar-refractivity contribution in [3.05, 3.63) is 34.5 Å². The molecular weight excluding hydrogens is 272 g/mol. The Kier molecular flexibility index (Phi) is 3.26. The Morgan fingerprint density at radius 3 is 2.88 bits per heavy atom. The van der Waals surface area contributed by atoms with Gasteiger partial charge >= 0.3 is 0 Å². The lowest BCUT2D eigenvalue weighted by Crippen LogP contribution is -1.92. The Morgan fingerprint density at radius 1 is 1.44 bits per heavy atom. The van der Waals surface area contributed by atoms with Crippen LogP contribution >= 0.6 is 15.9 Å². The van der Waals surface area contributed by atoms with Crippen LogP contribution in [-0.2, 0) is 6.54 Å². The van der Waals surface area contributed by atoms with Gasteiger partial charge in [-0.1, -0.05) is 21.1 Å². The summed E-state index contributed by atoms with van der Waals surface area (Å²) >= 11 is 3.46. The van der Waals surface area contributed by atoms with Crippen LogP contribution in [0.15, 0.2) is 33.3 Å². The maximum absolute atomic E-state index is 5.47. The monoisotopic (exact) mass is 282 g/mol. The van der Waals surface area contributed by atoms with Gasteiger partial charge in [0.05, 0.1) is 13.7 Å². The first-order valence-electron chi connectivity index (χ1n) is 4.74. The highest BCUT2D eigenvalue weighted by Gasteiger charge is 2.10. The van der Waals surface area contributed by atoms with Crippen molar-refractivity contribution in [2.45, 2.75) is 6.54 Å². The fourth-order valence-corrected chi connectivity index (χ4v) is 1.81. The number of nitrogens with zero attached hydrogens (tertiary/aromatic N) is 1. The van der Waals surface area contributed by atoms with Crippen LogP contribution in [0.5, 0.6) is 5.75 Å². The quantitative estimate of drug-likeness (QED) is 0.940. The Labute approximate surface area is 102 Å². The normalized spacial score (nSPS) is 10.4. The molecule has 1 aromatic heterocycles. The Bertz CT molecular complexity index is 496. The van der Waals surface area contributed by atoms with E-state index >= 15 is 0 Å². The van der Waals surface area contributed by atoms with Crippen molar-refractivity contribution in [1.29, 1.82) is 0 Å². The molecule has 0 saturated heterocycles. The summed E-state index contributed by atoms with van der Waals surface area (Å²) in [6.45, 7) is 0.342. The van der Waals surface area contributed by atoms with Crippen molar-refractivity contribution < 1.29 is 9.26 Å². The number of rotatable bonds is 3. The zero-order valence-corrected chi connectivity index (χ0v) is 10.3. The van der Waals surface area contributed by atoms with Crippen molar-refractivity contribution in [2.75, 3.05) is 7.11 Å². The van der Waals surface area contributed by atoms with Crippen LogP contribution in [0.2, 0.25) is 0 Å². The third-order valence-corrected chi connectivity index (χ3v) is 2.90. The van der Waals surface area contributed by atoms with Crippen LogP contribution in [0.3, 0.4) is 0 Å². The van der Waals surface area contributed by atoms with Gasteiger partial charge in [-0.05, 0) is 18.2 Å².